The average Bonchev–Trinajstić information content (AvgIpc) is 3.39. The maximum atomic E-state index is 13.2. The topological polar surface area (TPSA) is 138 Å². The Bertz CT molecular complexity index is 1080. The van der Waals surface area contributed by atoms with Crippen LogP contribution in [0.2, 0.25) is 0 Å². The summed E-state index contributed by atoms with van der Waals surface area (Å²) in [6, 6.07) is 2.41. The van der Waals surface area contributed by atoms with Crippen molar-refractivity contribution in [3.05, 3.63) is 34.9 Å². The molecule has 1 N–H and O–H groups in total. The van der Waals surface area contributed by atoms with E-state index in [1.807, 2.05) is 0 Å². The molecule has 3 aliphatic rings. The summed E-state index contributed by atoms with van der Waals surface area (Å²) in [6.07, 6.45) is -0.476. The van der Waals surface area contributed by atoms with Crippen molar-refractivity contribution in [2.45, 2.75) is 51.7 Å². The molecule has 2 fully saturated rings. The number of carbonyl (C=O) groups excluding carboxylic acids is 5. The van der Waals surface area contributed by atoms with Crippen LogP contribution >= 0.6 is 0 Å². The van der Waals surface area contributed by atoms with Gasteiger partial charge in [0.05, 0.1) is 22.1 Å². The van der Waals surface area contributed by atoms with E-state index in [1.165, 1.54) is 18.2 Å². The van der Waals surface area contributed by atoms with E-state index in [2.05, 4.69) is 0 Å². The second kappa shape index (κ2) is 6.47. The Kier molecular flexibility index (Phi) is 4.32. The molecule has 10 nitrogen and oxygen atoms in total. The van der Waals surface area contributed by atoms with Gasteiger partial charge in [-0.15, -0.1) is 0 Å². The number of carboxylic acids is 1. The fourth-order valence-corrected chi connectivity index (χ4v) is 4.05. The number of hydrogen-bond acceptors (Lipinski definition) is 7. The normalized spacial score (nSPS) is 22.1. The van der Waals surface area contributed by atoms with Crippen molar-refractivity contribution in [3.8, 4) is 0 Å². The van der Waals surface area contributed by atoms with Gasteiger partial charge in [-0.25, -0.2) is 9.59 Å². The number of ether oxygens (including phenoxy) is 1. The minimum atomic E-state index is -1.42. The molecule has 10 heteroatoms. The van der Waals surface area contributed by atoms with E-state index in [0.29, 0.717) is 22.6 Å². The molecule has 1 saturated heterocycles. The second-order valence-corrected chi connectivity index (χ2v) is 8.97. The molecular formula is C21H20N2O8. The Morgan fingerprint density at radius 1 is 1.10 bits per heavy atom. The number of likely N-dealkylation sites (tertiary alicyclic amines) is 1. The van der Waals surface area contributed by atoms with Crippen molar-refractivity contribution in [1.82, 2.24) is 9.80 Å². The van der Waals surface area contributed by atoms with Crippen LogP contribution < -0.4 is 0 Å². The van der Waals surface area contributed by atoms with Crippen LogP contribution in [0.15, 0.2) is 18.2 Å². The van der Waals surface area contributed by atoms with Crippen LogP contribution in [0.25, 0.3) is 0 Å². The summed E-state index contributed by atoms with van der Waals surface area (Å²) < 4.78 is 5.20. The number of imide groups is 4. The van der Waals surface area contributed by atoms with Gasteiger partial charge < -0.3 is 9.84 Å². The Labute approximate surface area is 176 Å². The Hall–Kier alpha value is -3.56. The number of rotatable bonds is 2. The number of nitrogens with zero attached hydrogens (tertiary/aromatic N) is 2. The summed E-state index contributed by atoms with van der Waals surface area (Å²) in [7, 11) is 0. The number of amides is 5. The van der Waals surface area contributed by atoms with Gasteiger partial charge in [-0.05, 0) is 52.2 Å². The number of benzene rings is 1. The highest BCUT2D eigenvalue weighted by molar-refractivity contribution is 6.27. The fourth-order valence-electron chi connectivity index (χ4n) is 4.05. The van der Waals surface area contributed by atoms with Crippen LogP contribution in [-0.2, 0) is 14.3 Å². The highest BCUT2D eigenvalue weighted by atomic mass is 16.6. The Balaban J connectivity index is 1.74. The predicted octanol–water partition coefficient (Wildman–Crippen LogP) is 1.82. The molecule has 2 aliphatic heterocycles. The molecule has 162 valence electrons. The zero-order chi connectivity index (χ0) is 22.9. The van der Waals surface area contributed by atoms with E-state index >= 15 is 0 Å². The van der Waals surface area contributed by atoms with Gasteiger partial charge in [-0.2, -0.15) is 4.90 Å². The van der Waals surface area contributed by atoms with Crippen LogP contribution in [0.4, 0.5) is 4.79 Å². The predicted molar refractivity (Wildman–Crippen MR) is 102 cm³/mol. The number of hydrogen-bond donors (Lipinski definition) is 1. The zero-order valence-electron chi connectivity index (χ0n) is 17.1. The largest absolute Gasteiger partial charge is 0.478 e. The van der Waals surface area contributed by atoms with Crippen LogP contribution in [0, 0.1) is 5.41 Å². The second-order valence-electron chi connectivity index (χ2n) is 8.97. The highest BCUT2D eigenvalue weighted by Gasteiger charge is 2.63. The van der Waals surface area contributed by atoms with Gasteiger partial charge in [0.25, 0.3) is 17.7 Å². The Morgan fingerprint density at radius 3 is 2.29 bits per heavy atom. The third-order valence-electron chi connectivity index (χ3n) is 5.66. The molecule has 0 bridgehead atoms. The molecule has 2 heterocycles. The lowest BCUT2D eigenvalue weighted by Gasteiger charge is -2.38. The molecule has 1 aliphatic carbocycles. The van der Waals surface area contributed by atoms with Gasteiger partial charge in [0.15, 0.2) is 0 Å². The minimum absolute atomic E-state index is 0.113. The molecule has 1 unspecified atom stereocenters. The molecule has 1 saturated carbocycles. The van der Waals surface area contributed by atoms with Crippen LogP contribution in [0.1, 0.15) is 71.1 Å². The number of piperidine rings is 1. The van der Waals surface area contributed by atoms with E-state index in [1.54, 1.807) is 20.8 Å². The van der Waals surface area contributed by atoms with E-state index in [4.69, 9.17) is 4.74 Å². The standard InChI is InChI=1S/C21H20N2O8/c1-20(2,3)31-19(30)23-15(25)12(9-21(7-8-21)18(23)29)22-14(24)10-5-4-6-11(17(27)28)13(10)16(22)26/h4-6,12H,7-9H2,1-3H3,(H,27,28). The number of fused-ring (bicyclic) bond motifs is 1. The summed E-state index contributed by atoms with van der Waals surface area (Å²) >= 11 is 0. The monoisotopic (exact) mass is 428 g/mol. The number of carboxylic acid groups (broad SMARTS) is 1. The highest BCUT2D eigenvalue weighted by Crippen LogP contribution is 2.54. The van der Waals surface area contributed by atoms with Gasteiger partial charge in [0, 0.05) is 0 Å². The van der Waals surface area contributed by atoms with Crippen molar-refractivity contribution in [1.29, 1.82) is 0 Å². The van der Waals surface area contributed by atoms with Crippen molar-refractivity contribution in [3.63, 3.8) is 0 Å². The van der Waals surface area contributed by atoms with Gasteiger partial charge in [-0.3, -0.25) is 24.1 Å². The molecule has 1 spiro atoms. The van der Waals surface area contributed by atoms with Crippen LogP contribution in [-0.4, -0.2) is 62.2 Å². The first-order valence-electron chi connectivity index (χ1n) is 9.73. The lowest BCUT2D eigenvalue weighted by Crippen LogP contribution is -2.61. The minimum Gasteiger partial charge on any atom is -0.478 e. The van der Waals surface area contributed by atoms with E-state index in [-0.39, 0.29) is 23.1 Å². The molecule has 1 aromatic rings. The SMILES string of the molecule is CC(C)(C)OC(=O)N1C(=O)C(N2C(=O)c3cccc(C(=O)O)c3C2=O)CC2(CC2)C1=O. The molecule has 0 radical (unpaired) electrons. The average molecular weight is 428 g/mol. The summed E-state index contributed by atoms with van der Waals surface area (Å²) in [6.45, 7) is 4.73. The zero-order valence-corrected chi connectivity index (χ0v) is 17.1. The first-order valence-corrected chi connectivity index (χ1v) is 9.73. The molecular weight excluding hydrogens is 408 g/mol. The molecule has 1 atom stereocenters. The fraction of sp³-hybridized carbons (Fsp3) is 0.429. The van der Waals surface area contributed by atoms with Crippen molar-refractivity contribution < 1.29 is 38.6 Å². The third-order valence-corrected chi connectivity index (χ3v) is 5.66. The van der Waals surface area contributed by atoms with Crippen LogP contribution in [0.3, 0.4) is 0 Å². The quantitative estimate of drug-likeness (QED) is 0.704. The van der Waals surface area contributed by atoms with Gasteiger partial charge >= 0.3 is 12.1 Å². The van der Waals surface area contributed by atoms with E-state index < -0.39 is 52.7 Å². The lowest BCUT2D eigenvalue weighted by atomic mass is 9.89. The summed E-state index contributed by atoms with van der Waals surface area (Å²) in [4.78, 5) is 77.3. The molecule has 31 heavy (non-hydrogen) atoms. The summed E-state index contributed by atoms with van der Waals surface area (Å²) in [5.74, 6) is -4.91. The molecule has 5 amide bonds. The smallest absolute Gasteiger partial charge is 0.424 e. The first-order chi connectivity index (χ1) is 14.4. The molecule has 0 aromatic heterocycles. The first kappa shape index (κ1) is 20.7. The molecule has 1 aromatic carbocycles. The van der Waals surface area contributed by atoms with Crippen molar-refractivity contribution >= 4 is 35.7 Å². The van der Waals surface area contributed by atoms with E-state index in [9.17, 15) is 33.9 Å². The third kappa shape index (κ3) is 3.09. The molecule has 4 rings (SSSR count). The summed E-state index contributed by atoms with van der Waals surface area (Å²) in [5.41, 5.74) is -2.81. The van der Waals surface area contributed by atoms with E-state index in [0.717, 1.165) is 0 Å². The van der Waals surface area contributed by atoms with Gasteiger partial charge in [-0.1, -0.05) is 6.07 Å². The van der Waals surface area contributed by atoms with Crippen molar-refractivity contribution in [2.24, 2.45) is 5.41 Å². The number of carbonyl (C=O) groups is 6. The van der Waals surface area contributed by atoms with Gasteiger partial charge in [0.2, 0.25) is 5.91 Å². The number of aromatic carboxylic acids is 1. The van der Waals surface area contributed by atoms with Crippen LogP contribution in [0.5, 0.6) is 0 Å². The van der Waals surface area contributed by atoms with Gasteiger partial charge in [0.1, 0.15) is 11.6 Å². The summed E-state index contributed by atoms with van der Waals surface area (Å²) in [5, 5.41) is 9.39. The van der Waals surface area contributed by atoms with Crippen molar-refractivity contribution in [2.75, 3.05) is 0 Å². The Morgan fingerprint density at radius 2 is 1.74 bits per heavy atom. The maximum absolute atomic E-state index is 13.2. The lowest BCUT2D eigenvalue weighted by molar-refractivity contribution is -0.155. The maximum Gasteiger partial charge on any atom is 0.424 e.